The predicted octanol–water partition coefficient (Wildman–Crippen LogP) is 0.736. The van der Waals surface area contributed by atoms with Crippen LogP contribution in [0.5, 0.6) is 0 Å². The smallest absolute Gasteiger partial charge is 0.136 e. The Bertz CT molecular complexity index is 165. The number of fused-ring (bicyclic) bond motifs is 1. The molecule has 2 aliphatic carbocycles. The zero-order valence-electron chi connectivity index (χ0n) is 5.92. The van der Waals surface area contributed by atoms with Crippen molar-refractivity contribution in [2.45, 2.75) is 31.8 Å². The van der Waals surface area contributed by atoms with Gasteiger partial charge in [0.05, 0.1) is 6.10 Å². The van der Waals surface area contributed by atoms with Gasteiger partial charge >= 0.3 is 0 Å². The first-order valence-electron chi connectivity index (χ1n) is 4.00. The van der Waals surface area contributed by atoms with Crippen LogP contribution in [0.25, 0.3) is 0 Å². The molecule has 2 aliphatic rings. The summed E-state index contributed by atoms with van der Waals surface area (Å²) in [6, 6.07) is 0. The average Bonchev–Trinajstić information content (AvgIpc) is 1.91. The van der Waals surface area contributed by atoms with Crippen molar-refractivity contribution in [1.29, 1.82) is 0 Å². The number of carbonyl (C=O) groups is 1. The van der Waals surface area contributed by atoms with E-state index in [9.17, 15) is 9.90 Å². The summed E-state index contributed by atoms with van der Waals surface area (Å²) in [6.07, 6.45) is 3.40. The van der Waals surface area contributed by atoms with Gasteiger partial charge in [0, 0.05) is 12.3 Å². The van der Waals surface area contributed by atoms with E-state index >= 15 is 0 Å². The summed E-state index contributed by atoms with van der Waals surface area (Å²) in [4.78, 5) is 11.1. The lowest BCUT2D eigenvalue weighted by molar-refractivity contribution is -0.141. The Hall–Kier alpha value is -0.370. The molecule has 2 heteroatoms. The molecule has 56 valence electrons. The minimum absolute atomic E-state index is 0.158. The van der Waals surface area contributed by atoms with Crippen LogP contribution in [0, 0.1) is 11.8 Å². The molecule has 2 fully saturated rings. The van der Waals surface area contributed by atoms with Crippen molar-refractivity contribution in [1.82, 2.24) is 0 Å². The summed E-state index contributed by atoms with van der Waals surface area (Å²) in [6.45, 7) is 0. The summed E-state index contributed by atoms with van der Waals surface area (Å²) >= 11 is 0. The fraction of sp³-hybridized carbons (Fsp3) is 0.875. The lowest BCUT2D eigenvalue weighted by atomic mass is 9.63. The highest BCUT2D eigenvalue weighted by Gasteiger charge is 2.45. The van der Waals surface area contributed by atoms with Gasteiger partial charge in [-0.1, -0.05) is 0 Å². The van der Waals surface area contributed by atoms with Gasteiger partial charge in [0.15, 0.2) is 0 Å². The number of Topliss-reactive ketones (excluding diaryl/α,β-unsaturated/α-hetero) is 1. The van der Waals surface area contributed by atoms with E-state index in [-0.39, 0.29) is 12.0 Å². The molecular formula is C8H12O2. The third-order valence-electron chi connectivity index (χ3n) is 2.88. The van der Waals surface area contributed by atoms with E-state index in [4.69, 9.17) is 0 Å². The molecule has 0 radical (unpaired) electrons. The van der Waals surface area contributed by atoms with E-state index in [0.29, 0.717) is 11.7 Å². The van der Waals surface area contributed by atoms with Gasteiger partial charge in [0.25, 0.3) is 0 Å². The third-order valence-corrected chi connectivity index (χ3v) is 2.88. The van der Waals surface area contributed by atoms with Crippen LogP contribution in [0.15, 0.2) is 0 Å². The molecular weight excluding hydrogens is 128 g/mol. The molecule has 0 aliphatic heterocycles. The molecule has 0 aromatic carbocycles. The van der Waals surface area contributed by atoms with Crippen molar-refractivity contribution >= 4 is 5.78 Å². The maximum absolute atomic E-state index is 11.1. The minimum Gasteiger partial charge on any atom is -0.393 e. The molecule has 0 aromatic rings. The van der Waals surface area contributed by atoms with Crippen molar-refractivity contribution in [3.8, 4) is 0 Å². The number of aliphatic hydroxyl groups is 1. The van der Waals surface area contributed by atoms with Crippen molar-refractivity contribution in [2.24, 2.45) is 11.8 Å². The third kappa shape index (κ3) is 0.717. The lowest BCUT2D eigenvalue weighted by Gasteiger charge is -2.43. The first kappa shape index (κ1) is 6.35. The van der Waals surface area contributed by atoms with Gasteiger partial charge in [-0.15, -0.1) is 0 Å². The Morgan fingerprint density at radius 2 is 2.30 bits per heavy atom. The van der Waals surface area contributed by atoms with Crippen LogP contribution in [0.2, 0.25) is 0 Å². The standard InChI is InChI=1S/C8H12O2/c9-7-3-1-2-5-6(7)4-8(5)10/h5-6,8,10H,1-4H2. The highest BCUT2D eigenvalue weighted by atomic mass is 16.3. The van der Waals surface area contributed by atoms with Crippen molar-refractivity contribution < 1.29 is 9.90 Å². The van der Waals surface area contributed by atoms with Crippen molar-refractivity contribution in [3.05, 3.63) is 0 Å². The number of rotatable bonds is 0. The monoisotopic (exact) mass is 140 g/mol. The summed E-state index contributed by atoms with van der Waals surface area (Å²) < 4.78 is 0. The molecule has 3 atom stereocenters. The Labute approximate surface area is 60.2 Å². The molecule has 1 N–H and O–H groups in total. The first-order valence-corrected chi connectivity index (χ1v) is 4.00. The Kier molecular flexibility index (Phi) is 1.31. The Morgan fingerprint density at radius 1 is 1.50 bits per heavy atom. The lowest BCUT2D eigenvalue weighted by Crippen LogP contribution is -2.47. The second kappa shape index (κ2) is 2.06. The molecule has 0 heterocycles. The van der Waals surface area contributed by atoms with E-state index in [1.54, 1.807) is 0 Å². The second-order valence-corrected chi connectivity index (χ2v) is 3.43. The predicted molar refractivity (Wildman–Crippen MR) is 36.5 cm³/mol. The Morgan fingerprint density at radius 3 is 2.90 bits per heavy atom. The van der Waals surface area contributed by atoms with Crippen LogP contribution in [0.3, 0.4) is 0 Å². The molecule has 0 aromatic heterocycles. The van der Waals surface area contributed by atoms with E-state index in [0.717, 1.165) is 25.7 Å². The van der Waals surface area contributed by atoms with E-state index in [2.05, 4.69) is 0 Å². The topological polar surface area (TPSA) is 37.3 Å². The zero-order valence-corrected chi connectivity index (χ0v) is 5.92. The number of aliphatic hydroxyl groups excluding tert-OH is 1. The molecule has 10 heavy (non-hydrogen) atoms. The molecule has 2 saturated carbocycles. The molecule has 0 spiro atoms. The fourth-order valence-corrected chi connectivity index (χ4v) is 2.14. The van der Waals surface area contributed by atoms with Gasteiger partial charge in [0.1, 0.15) is 5.78 Å². The SMILES string of the molecule is O=C1CCCC2C(O)CC12. The van der Waals surface area contributed by atoms with Gasteiger partial charge in [-0.25, -0.2) is 0 Å². The molecule has 2 nitrogen and oxygen atoms in total. The second-order valence-electron chi connectivity index (χ2n) is 3.43. The van der Waals surface area contributed by atoms with Crippen LogP contribution < -0.4 is 0 Å². The minimum atomic E-state index is -0.158. The first-order chi connectivity index (χ1) is 4.79. The normalized spacial score (nSPS) is 46.1. The maximum Gasteiger partial charge on any atom is 0.136 e. The number of ketones is 1. The van der Waals surface area contributed by atoms with Crippen LogP contribution in [0.4, 0.5) is 0 Å². The van der Waals surface area contributed by atoms with Crippen LogP contribution in [-0.2, 0) is 4.79 Å². The number of hydrogen-bond acceptors (Lipinski definition) is 2. The van der Waals surface area contributed by atoms with Gasteiger partial charge in [-0.3, -0.25) is 4.79 Å². The van der Waals surface area contributed by atoms with Gasteiger partial charge < -0.3 is 5.11 Å². The highest BCUT2D eigenvalue weighted by molar-refractivity contribution is 5.83. The van der Waals surface area contributed by atoms with E-state index in [1.165, 1.54) is 0 Å². The largest absolute Gasteiger partial charge is 0.393 e. The molecule has 3 unspecified atom stereocenters. The van der Waals surface area contributed by atoms with E-state index < -0.39 is 0 Å². The summed E-state index contributed by atoms with van der Waals surface area (Å²) in [7, 11) is 0. The average molecular weight is 140 g/mol. The zero-order chi connectivity index (χ0) is 7.14. The van der Waals surface area contributed by atoms with Crippen molar-refractivity contribution in [2.75, 3.05) is 0 Å². The molecule has 0 amide bonds. The number of hydrogen-bond donors (Lipinski definition) is 1. The van der Waals surface area contributed by atoms with Gasteiger partial charge in [-0.2, -0.15) is 0 Å². The number of carbonyl (C=O) groups excluding carboxylic acids is 1. The van der Waals surface area contributed by atoms with Gasteiger partial charge in [-0.05, 0) is 25.2 Å². The fourth-order valence-electron chi connectivity index (χ4n) is 2.14. The van der Waals surface area contributed by atoms with Gasteiger partial charge in [0.2, 0.25) is 0 Å². The van der Waals surface area contributed by atoms with E-state index in [1.807, 2.05) is 0 Å². The molecule has 0 bridgehead atoms. The highest BCUT2D eigenvalue weighted by Crippen LogP contribution is 2.42. The summed E-state index contributed by atoms with van der Waals surface area (Å²) in [5, 5.41) is 9.21. The molecule has 0 saturated heterocycles. The Balaban J connectivity index is 2.05. The van der Waals surface area contributed by atoms with Crippen LogP contribution in [0.1, 0.15) is 25.7 Å². The maximum atomic E-state index is 11.1. The van der Waals surface area contributed by atoms with Crippen molar-refractivity contribution in [3.63, 3.8) is 0 Å². The summed E-state index contributed by atoms with van der Waals surface area (Å²) in [5.41, 5.74) is 0. The summed E-state index contributed by atoms with van der Waals surface area (Å²) in [5.74, 6) is 0.964. The molecule has 2 rings (SSSR count). The van der Waals surface area contributed by atoms with Crippen LogP contribution >= 0.6 is 0 Å². The quantitative estimate of drug-likeness (QED) is 0.538. The van der Waals surface area contributed by atoms with Crippen LogP contribution in [-0.4, -0.2) is 17.0 Å².